The predicted octanol–water partition coefficient (Wildman–Crippen LogP) is 8.31. The molecule has 0 atom stereocenters. The monoisotopic (exact) mass is 486 g/mol. The Morgan fingerprint density at radius 3 is 1.71 bits per heavy atom. The fourth-order valence-corrected chi connectivity index (χ4v) is 4.34. The van der Waals surface area contributed by atoms with Gasteiger partial charge in [-0.15, -0.1) is 0 Å². The van der Waals surface area contributed by atoms with Crippen molar-refractivity contribution < 1.29 is 35.5 Å². The van der Waals surface area contributed by atoms with Gasteiger partial charge in [0.1, 0.15) is 23.2 Å². The van der Waals surface area contributed by atoms with E-state index in [9.17, 15) is 22.0 Å². The Balaban J connectivity index is 2.10. The van der Waals surface area contributed by atoms with Gasteiger partial charge in [0, 0.05) is 33.5 Å². The van der Waals surface area contributed by atoms with E-state index < -0.39 is 62.6 Å². The van der Waals surface area contributed by atoms with Crippen LogP contribution < -0.4 is 4.74 Å². The first-order chi connectivity index (χ1) is 16.7. The normalized spacial score (nSPS) is 11.4. The molecule has 5 aromatic rings. The number of hydrogen-bond acceptors (Lipinski definition) is 1. The van der Waals surface area contributed by atoms with Crippen LogP contribution in [0.15, 0.2) is 60.7 Å². The van der Waals surface area contributed by atoms with Crippen LogP contribution in [0.1, 0.15) is 0 Å². The van der Waals surface area contributed by atoms with E-state index in [1.165, 1.54) is 37.4 Å². The highest BCUT2D eigenvalue weighted by atomic mass is 19.2. The van der Waals surface area contributed by atoms with Crippen LogP contribution in [0.5, 0.6) is 5.75 Å². The lowest BCUT2D eigenvalue weighted by Gasteiger charge is -2.20. The zero-order valence-corrected chi connectivity index (χ0v) is 17.8. The van der Waals surface area contributed by atoms with Crippen LogP contribution in [0.2, 0.25) is 0 Å². The maximum atomic E-state index is 15.4. The summed E-state index contributed by atoms with van der Waals surface area (Å²) in [7, 11) is 1.42. The number of benzene rings is 5. The highest BCUT2D eigenvalue weighted by Crippen LogP contribution is 2.47. The maximum absolute atomic E-state index is 15.4. The first-order valence-corrected chi connectivity index (χ1v) is 10.2. The number of fused-ring (bicyclic) bond motifs is 2. The third kappa shape index (κ3) is 3.48. The Labute approximate surface area is 194 Å². The van der Waals surface area contributed by atoms with Crippen LogP contribution >= 0.6 is 0 Å². The van der Waals surface area contributed by atoms with Crippen molar-refractivity contribution >= 4 is 21.5 Å². The number of methoxy groups -OCH3 is 1. The fourth-order valence-electron chi connectivity index (χ4n) is 4.34. The largest absolute Gasteiger partial charge is 0.497 e. The molecule has 0 aromatic heterocycles. The molecule has 8 heteroatoms. The molecule has 0 amide bonds. The highest BCUT2D eigenvalue weighted by Gasteiger charge is 2.29. The number of ether oxygens (including phenoxy) is 1. The smallest absolute Gasteiger partial charge is 0.198 e. The molecule has 0 bridgehead atoms. The SMILES string of the molecule is COc1ccc(-c2c3ccc(F)cc3c(-c3ccc(F)cc3F)c3c(F)c(F)c(F)c(F)c23)cc1. The zero-order chi connectivity index (χ0) is 25.0. The first-order valence-electron chi connectivity index (χ1n) is 10.2. The predicted molar refractivity (Wildman–Crippen MR) is 119 cm³/mol. The van der Waals surface area contributed by atoms with Crippen molar-refractivity contribution in [2.24, 2.45) is 0 Å². The van der Waals surface area contributed by atoms with Gasteiger partial charge in [-0.3, -0.25) is 0 Å². The maximum Gasteiger partial charge on any atom is 0.198 e. The van der Waals surface area contributed by atoms with Gasteiger partial charge in [0.2, 0.25) is 0 Å². The molecule has 1 nitrogen and oxygen atoms in total. The first kappa shape index (κ1) is 22.7. The molecule has 5 aromatic carbocycles. The van der Waals surface area contributed by atoms with Gasteiger partial charge >= 0.3 is 0 Å². The molecule has 0 aliphatic heterocycles. The summed E-state index contributed by atoms with van der Waals surface area (Å²) in [6.07, 6.45) is 0. The van der Waals surface area contributed by atoms with Gasteiger partial charge in [-0.2, -0.15) is 0 Å². The van der Waals surface area contributed by atoms with E-state index in [1.54, 1.807) is 0 Å². The summed E-state index contributed by atoms with van der Waals surface area (Å²) in [6.45, 7) is 0. The van der Waals surface area contributed by atoms with Crippen LogP contribution in [0.25, 0.3) is 43.8 Å². The van der Waals surface area contributed by atoms with Crippen molar-refractivity contribution in [3.05, 3.63) is 101 Å². The van der Waals surface area contributed by atoms with Gasteiger partial charge in [0.25, 0.3) is 0 Å². The van der Waals surface area contributed by atoms with Crippen molar-refractivity contribution in [3.63, 3.8) is 0 Å². The van der Waals surface area contributed by atoms with E-state index in [-0.39, 0.29) is 21.9 Å². The van der Waals surface area contributed by atoms with Crippen molar-refractivity contribution in [3.8, 4) is 28.0 Å². The minimum Gasteiger partial charge on any atom is -0.497 e. The molecule has 0 fully saturated rings. The minimum absolute atomic E-state index is 0.0702. The van der Waals surface area contributed by atoms with Crippen molar-refractivity contribution in [1.29, 1.82) is 0 Å². The molecule has 0 aliphatic carbocycles. The topological polar surface area (TPSA) is 9.23 Å². The summed E-state index contributed by atoms with van der Waals surface area (Å²) in [6, 6.07) is 11.5. The quantitative estimate of drug-likeness (QED) is 0.108. The number of halogens is 7. The van der Waals surface area contributed by atoms with E-state index in [4.69, 9.17) is 4.74 Å². The second-order valence-electron chi connectivity index (χ2n) is 7.80. The second kappa shape index (κ2) is 8.30. The van der Waals surface area contributed by atoms with Crippen LogP contribution in [-0.2, 0) is 0 Å². The summed E-state index contributed by atoms with van der Waals surface area (Å²) in [5.74, 6) is -10.2. The number of rotatable bonds is 3. The standard InChI is InChI=1S/C27H13F7O/c1-35-15-6-2-12(3-7-15)20-16-8-4-13(28)10-18(16)21(17-9-5-14(29)11-19(17)30)23-22(20)24(31)26(33)27(34)25(23)32/h2-11H,1H3. The summed E-state index contributed by atoms with van der Waals surface area (Å²) in [4.78, 5) is 0. The molecule has 176 valence electrons. The van der Waals surface area contributed by atoms with Crippen molar-refractivity contribution in [2.75, 3.05) is 7.11 Å². The van der Waals surface area contributed by atoms with E-state index in [0.717, 1.165) is 24.3 Å². The van der Waals surface area contributed by atoms with Gasteiger partial charge in [0.15, 0.2) is 23.3 Å². The molecule has 0 radical (unpaired) electrons. The lowest BCUT2D eigenvalue weighted by Crippen LogP contribution is -2.03. The van der Waals surface area contributed by atoms with E-state index in [0.29, 0.717) is 11.8 Å². The molecule has 0 heterocycles. The molecule has 0 saturated heterocycles. The Kier molecular flexibility index (Phi) is 5.39. The van der Waals surface area contributed by atoms with Gasteiger partial charge in [0.05, 0.1) is 7.11 Å². The fraction of sp³-hybridized carbons (Fsp3) is 0.0370. The summed E-state index contributed by atoms with van der Waals surface area (Å²) in [5.41, 5.74) is -0.709. The highest BCUT2D eigenvalue weighted by molar-refractivity contribution is 6.21. The third-order valence-corrected chi connectivity index (χ3v) is 5.87. The summed E-state index contributed by atoms with van der Waals surface area (Å²) in [5, 5.41) is -1.49. The van der Waals surface area contributed by atoms with Gasteiger partial charge in [-0.05, 0) is 52.7 Å². The second-order valence-corrected chi connectivity index (χ2v) is 7.80. The van der Waals surface area contributed by atoms with Crippen LogP contribution in [-0.4, -0.2) is 7.11 Å². The Morgan fingerprint density at radius 1 is 0.543 bits per heavy atom. The molecule has 0 unspecified atom stereocenters. The Hall–Kier alpha value is -4.07. The third-order valence-electron chi connectivity index (χ3n) is 5.87. The lowest BCUT2D eigenvalue weighted by atomic mass is 9.85. The van der Waals surface area contributed by atoms with Crippen LogP contribution in [0, 0.1) is 40.7 Å². The van der Waals surface area contributed by atoms with Crippen LogP contribution in [0.3, 0.4) is 0 Å². The summed E-state index contributed by atoms with van der Waals surface area (Å²) < 4.78 is 108. The molecule has 35 heavy (non-hydrogen) atoms. The molecule has 0 saturated carbocycles. The summed E-state index contributed by atoms with van der Waals surface area (Å²) >= 11 is 0. The zero-order valence-electron chi connectivity index (χ0n) is 17.8. The Bertz CT molecular complexity index is 1640. The molecular weight excluding hydrogens is 473 g/mol. The Morgan fingerprint density at radius 2 is 1.11 bits per heavy atom. The van der Waals surface area contributed by atoms with Crippen molar-refractivity contribution in [1.82, 2.24) is 0 Å². The average molecular weight is 486 g/mol. The van der Waals surface area contributed by atoms with E-state index in [1.807, 2.05) is 0 Å². The molecule has 5 rings (SSSR count). The minimum atomic E-state index is -2.12. The van der Waals surface area contributed by atoms with E-state index >= 15 is 8.78 Å². The number of hydrogen-bond donors (Lipinski definition) is 0. The lowest BCUT2D eigenvalue weighted by molar-refractivity contribution is 0.415. The average Bonchev–Trinajstić information content (AvgIpc) is 2.85. The van der Waals surface area contributed by atoms with Crippen LogP contribution in [0.4, 0.5) is 30.7 Å². The van der Waals surface area contributed by atoms with Gasteiger partial charge < -0.3 is 4.74 Å². The van der Waals surface area contributed by atoms with Gasteiger partial charge in [-0.25, -0.2) is 30.7 Å². The molecule has 0 spiro atoms. The van der Waals surface area contributed by atoms with Gasteiger partial charge in [-0.1, -0.05) is 18.2 Å². The molecule has 0 N–H and O–H groups in total. The van der Waals surface area contributed by atoms with E-state index in [2.05, 4.69) is 0 Å². The van der Waals surface area contributed by atoms with Crippen molar-refractivity contribution in [2.45, 2.75) is 0 Å². The molecular formula is C27H13F7O. The molecule has 0 aliphatic rings.